The molecule has 9 heteroatoms. The highest BCUT2D eigenvalue weighted by molar-refractivity contribution is 14.0. The van der Waals surface area contributed by atoms with Crippen molar-refractivity contribution >= 4 is 47.6 Å². The SMILES string of the molecule is CN=C(NCCSc1ccccc1F)N1CCN(CC(=O)N2CCCC2)CC1.I. The summed E-state index contributed by atoms with van der Waals surface area (Å²) < 4.78 is 13.7. The number of likely N-dealkylation sites (tertiary alicyclic amines) is 1. The lowest BCUT2D eigenvalue weighted by Crippen LogP contribution is -2.54. The van der Waals surface area contributed by atoms with E-state index in [1.165, 1.54) is 17.8 Å². The molecule has 2 fully saturated rings. The lowest BCUT2D eigenvalue weighted by Gasteiger charge is -2.36. The Morgan fingerprint density at radius 1 is 1.10 bits per heavy atom. The highest BCUT2D eigenvalue weighted by atomic mass is 127. The zero-order chi connectivity index (χ0) is 19.8. The van der Waals surface area contributed by atoms with Crippen LogP contribution < -0.4 is 5.32 Å². The number of thioether (sulfide) groups is 1. The third-order valence-corrected chi connectivity index (χ3v) is 6.23. The number of aliphatic imine (C=N–C) groups is 1. The fraction of sp³-hybridized carbons (Fsp3) is 0.600. The minimum absolute atomic E-state index is 0. The van der Waals surface area contributed by atoms with Crippen molar-refractivity contribution in [2.45, 2.75) is 17.7 Å². The van der Waals surface area contributed by atoms with Crippen molar-refractivity contribution < 1.29 is 9.18 Å². The third kappa shape index (κ3) is 7.29. The first-order chi connectivity index (χ1) is 13.7. The van der Waals surface area contributed by atoms with Gasteiger partial charge in [-0.25, -0.2) is 4.39 Å². The van der Waals surface area contributed by atoms with Crippen molar-refractivity contribution in [3.05, 3.63) is 30.1 Å². The van der Waals surface area contributed by atoms with Gasteiger partial charge in [-0.1, -0.05) is 12.1 Å². The Morgan fingerprint density at radius 2 is 1.79 bits per heavy atom. The minimum atomic E-state index is -0.170. The molecule has 1 aromatic carbocycles. The second-order valence-corrected chi connectivity index (χ2v) is 8.24. The predicted octanol–water partition coefficient (Wildman–Crippen LogP) is 2.35. The number of hydrogen-bond donors (Lipinski definition) is 1. The van der Waals surface area contributed by atoms with Crippen LogP contribution in [0.4, 0.5) is 4.39 Å². The van der Waals surface area contributed by atoms with Gasteiger partial charge in [-0.2, -0.15) is 0 Å². The Labute approximate surface area is 194 Å². The quantitative estimate of drug-likeness (QED) is 0.199. The molecule has 2 heterocycles. The molecule has 3 rings (SSSR count). The van der Waals surface area contributed by atoms with E-state index in [1.807, 2.05) is 11.0 Å². The molecule has 1 aromatic rings. The summed E-state index contributed by atoms with van der Waals surface area (Å²) >= 11 is 1.50. The molecule has 162 valence electrons. The van der Waals surface area contributed by atoms with Gasteiger partial charge in [0.25, 0.3) is 0 Å². The number of hydrogen-bond acceptors (Lipinski definition) is 4. The molecule has 29 heavy (non-hydrogen) atoms. The van der Waals surface area contributed by atoms with Crippen LogP contribution in [0.1, 0.15) is 12.8 Å². The normalized spacial score (nSPS) is 17.9. The minimum Gasteiger partial charge on any atom is -0.355 e. The molecule has 0 aromatic heterocycles. The number of guanidine groups is 1. The van der Waals surface area contributed by atoms with Gasteiger partial charge >= 0.3 is 0 Å². The van der Waals surface area contributed by atoms with Crippen LogP contribution in [-0.2, 0) is 4.79 Å². The molecule has 2 saturated heterocycles. The Kier molecular flexibility index (Phi) is 10.5. The summed E-state index contributed by atoms with van der Waals surface area (Å²) in [5, 5.41) is 3.37. The second-order valence-electron chi connectivity index (χ2n) is 7.10. The van der Waals surface area contributed by atoms with E-state index in [0.29, 0.717) is 11.4 Å². The van der Waals surface area contributed by atoms with Crippen LogP contribution in [0.25, 0.3) is 0 Å². The summed E-state index contributed by atoms with van der Waals surface area (Å²) in [6.07, 6.45) is 2.27. The van der Waals surface area contributed by atoms with Crippen LogP contribution >= 0.6 is 35.7 Å². The molecule has 0 aliphatic carbocycles. The van der Waals surface area contributed by atoms with Crippen LogP contribution in [0.15, 0.2) is 34.2 Å². The number of carbonyl (C=O) groups is 1. The summed E-state index contributed by atoms with van der Waals surface area (Å²) in [5.41, 5.74) is 0. The number of nitrogens with zero attached hydrogens (tertiary/aromatic N) is 4. The molecule has 0 radical (unpaired) electrons. The van der Waals surface area contributed by atoms with Crippen molar-refractivity contribution in [3.63, 3.8) is 0 Å². The van der Waals surface area contributed by atoms with Gasteiger partial charge < -0.3 is 15.1 Å². The molecule has 0 unspecified atom stereocenters. The van der Waals surface area contributed by atoms with Gasteiger partial charge in [0.2, 0.25) is 5.91 Å². The summed E-state index contributed by atoms with van der Waals surface area (Å²) in [4.78, 5) is 23.8. The van der Waals surface area contributed by atoms with Gasteiger partial charge in [0.15, 0.2) is 5.96 Å². The van der Waals surface area contributed by atoms with E-state index in [9.17, 15) is 9.18 Å². The Hall–Kier alpha value is -1.07. The Morgan fingerprint density at radius 3 is 2.45 bits per heavy atom. The Balaban J connectivity index is 0.00000300. The summed E-state index contributed by atoms with van der Waals surface area (Å²) in [6, 6.07) is 6.85. The largest absolute Gasteiger partial charge is 0.355 e. The topological polar surface area (TPSA) is 51.2 Å². The van der Waals surface area contributed by atoms with E-state index in [0.717, 1.165) is 70.4 Å². The average Bonchev–Trinajstić information content (AvgIpc) is 3.25. The van der Waals surface area contributed by atoms with Crippen molar-refractivity contribution in [2.24, 2.45) is 4.99 Å². The number of rotatable bonds is 6. The highest BCUT2D eigenvalue weighted by Crippen LogP contribution is 2.20. The Bertz CT molecular complexity index is 679. The van der Waals surface area contributed by atoms with Crippen LogP contribution in [0.5, 0.6) is 0 Å². The average molecular weight is 535 g/mol. The van der Waals surface area contributed by atoms with Crippen molar-refractivity contribution in [2.75, 3.05) is 65.2 Å². The molecule has 0 atom stereocenters. The van der Waals surface area contributed by atoms with Gasteiger partial charge in [-0.15, -0.1) is 35.7 Å². The fourth-order valence-electron chi connectivity index (χ4n) is 3.59. The van der Waals surface area contributed by atoms with Crippen molar-refractivity contribution in [3.8, 4) is 0 Å². The number of benzene rings is 1. The van der Waals surface area contributed by atoms with Crippen LogP contribution in [0.3, 0.4) is 0 Å². The van der Waals surface area contributed by atoms with Crippen molar-refractivity contribution in [1.82, 2.24) is 20.0 Å². The van der Waals surface area contributed by atoms with E-state index in [2.05, 4.69) is 20.1 Å². The van der Waals surface area contributed by atoms with E-state index >= 15 is 0 Å². The molecule has 0 saturated carbocycles. The van der Waals surface area contributed by atoms with Crippen LogP contribution in [-0.4, -0.2) is 91.7 Å². The van der Waals surface area contributed by atoms with Crippen molar-refractivity contribution in [1.29, 1.82) is 0 Å². The van der Waals surface area contributed by atoms with E-state index in [-0.39, 0.29) is 35.7 Å². The molecule has 2 aliphatic rings. The molecular formula is C20H31FIN5OS. The maximum atomic E-state index is 13.7. The molecule has 6 nitrogen and oxygen atoms in total. The van der Waals surface area contributed by atoms with E-state index in [1.54, 1.807) is 19.2 Å². The summed E-state index contributed by atoms with van der Waals surface area (Å²) in [5.74, 6) is 1.74. The predicted molar refractivity (Wildman–Crippen MR) is 128 cm³/mol. The molecule has 0 bridgehead atoms. The zero-order valence-corrected chi connectivity index (χ0v) is 20.1. The maximum Gasteiger partial charge on any atom is 0.236 e. The number of carbonyl (C=O) groups excluding carboxylic acids is 1. The maximum absolute atomic E-state index is 13.7. The molecular weight excluding hydrogens is 504 g/mol. The van der Waals surface area contributed by atoms with E-state index in [4.69, 9.17) is 0 Å². The molecule has 2 aliphatic heterocycles. The van der Waals surface area contributed by atoms with E-state index < -0.39 is 0 Å². The smallest absolute Gasteiger partial charge is 0.236 e. The van der Waals surface area contributed by atoms with Crippen LogP contribution in [0, 0.1) is 5.82 Å². The summed E-state index contributed by atoms with van der Waals surface area (Å²) in [7, 11) is 1.79. The fourth-order valence-corrected chi connectivity index (χ4v) is 4.40. The third-order valence-electron chi connectivity index (χ3n) is 5.18. The first-order valence-electron chi connectivity index (χ1n) is 10.0. The lowest BCUT2D eigenvalue weighted by atomic mass is 10.3. The number of halogens is 2. The van der Waals surface area contributed by atoms with Gasteiger partial charge in [0, 0.05) is 63.5 Å². The lowest BCUT2D eigenvalue weighted by molar-refractivity contribution is -0.131. The number of piperazine rings is 1. The molecule has 1 N–H and O–H groups in total. The molecule has 0 spiro atoms. The van der Waals surface area contributed by atoms with Crippen LogP contribution in [0.2, 0.25) is 0 Å². The zero-order valence-electron chi connectivity index (χ0n) is 17.0. The standard InChI is InChI=1S/C20H30FN5OS.HI/c1-22-20(23-8-15-28-18-7-3-2-6-17(18)21)26-13-11-24(12-14-26)16-19(27)25-9-4-5-10-25;/h2-3,6-7H,4-5,8-16H2,1H3,(H,22,23);1H. The van der Waals surface area contributed by atoms with Gasteiger partial charge in [-0.3, -0.25) is 14.7 Å². The second kappa shape index (κ2) is 12.6. The first kappa shape index (κ1) is 24.2. The highest BCUT2D eigenvalue weighted by Gasteiger charge is 2.24. The van der Waals surface area contributed by atoms with Gasteiger partial charge in [-0.05, 0) is 25.0 Å². The monoisotopic (exact) mass is 535 g/mol. The molecule has 1 amide bonds. The number of amides is 1. The van der Waals surface area contributed by atoms with Gasteiger partial charge in [0.1, 0.15) is 5.82 Å². The first-order valence-corrected chi connectivity index (χ1v) is 11.0. The van der Waals surface area contributed by atoms with Gasteiger partial charge in [0.05, 0.1) is 6.54 Å². The number of nitrogens with one attached hydrogen (secondary N) is 1. The summed E-state index contributed by atoms with van der Waals surface area (Å²) in [6.45, 7) is 6.52.